The van der Waals surface area contributed by atoms with Gasteiger partial charge in [-0.2, -0.15) is 5.10 Å². The van der Waals surface area contributed by atoms with Crippen LogP contribution >= 0.6 is 11.3 Å². The van der Waals surface area contributed by atoms with E-state index in [1.54, 1.807) is 24.1 Å². The van der Waals surface area contributed by atoms with Crippen molar-refractivity contribution in [2.24, 2.45) is 12.8 Å². The first-order valence-electron chi connectivity index (χ1n) is 6.17. The van der Waals surface area contributed by atoms with E-state index >= 15 is 0 Å². The lowest BCUT2D eigenvalue weighted by Gasteiger charge is -2.09. The lowest BCUT2D eigenvalue weighted by atomic mass is 10.1. The largest absolute Gasteiger partial charge is 0.476 e. The zero-order valence-corrected chi connectivity index (χ0v) is 12.1. The van der Waals surface area contributed by atoms with Crippen molar-refractivity contribution in [3.63, 3.8) is 0 Å². The number of carboxylic acids is 1. The van der Waals surface area contributed by atoms with Gasteiger partial charge >= 0.3 is 5.97 Å². The van der Waals surface area contributed by atoms with Crippen molar-refractivity contribution in [2.75, 3.05) is 6.54 Å². The summed E-state index contributed by atoms with van der Waals surface area (Å²) in [6, 6.07) is -0.774. The summed E-state index contributed by atoms with van der Waals surface area (Å²) in [5.41, 5.74) is 6.48. The molecule has 0 saturated heterocycles. The first-order chi connectivity index (χ1) is 9.97. The van der Waals surface area contributed by atoms with E-state index in [2.05, 4.69) is 15.4 Å². The second-order valence-corrected chi connectivity index (χ2v) is 5.34. The Bertz CT molecular complexity index is 651. The molecule has 0 aliphatic heterocycles. The third kappa shape index (κ3) is 3.86. The third-order valence-corrected chi connectivity index (χ3v) is 3.68. The summed E-state index contributed by atoms with van der Waals surface area (Å²) in [7, 11) is 1.75. The molecule has 0 radical (unpaired) electrons. The number of thiazole rings is 1. The second kappa shape index (κ2) is 6.46. The van der Waals surface area contributed by atoms with Crippen LogP contribution < -0.4 is 11.1 Å². The Hall–Kier alpha value is -2.26. The summed E-state index contributed by atoms with van der Waals surface area (Å²) in [6.45, 7) is 0.347. The number of nitrogens with two attached hydrogens (primary N) is 1. The minimum absolute atomic E-state index is 0.0217. The van der Waals surface area contributed by atoms with Crippen LogP contribution in [-0.4, -0.2) is 38.3 Å². The van der Waals surface area contributed by atoms with Gasteiger partial charge < -0.3 is 16.2 Å². The quantitative estimate of drug-likeness (QED) is 0.686. The maximum Gasteiger partial charge on any atom is 0.355 e. The molecule has 0 fully saturated rings. The molecule has 0 aromatic carbocycles. The Morgan fingerprint density at radius 3 is 2.90 bits per heavy atom. The van der Waals surface area contributed by atoms with Gasteiger partial charge in [0.2, 0.25) is 5.91 Å². The monoisotopic (exact) mass is 309 g/mol. The fraction of sp³-hybridized carbons (Fsp3) is 0.333. The van der Waals surface area contributed by atoms with Gasteiger partial charge in [0, 0.05) is 37.2 Å². The highest BCUT2D eigenvalue weighted by molar-refractivity contribution is 7.09. The van der Waals surface area contributed by atoms with E-state index in [9.17, 15) is 9.59 Å². The van der Waals surface area contributed by atoms with Gasteiger partial charge in [-0.1, -0.05) is 0 Å². The molecule has 1 unspecified atom stereocenters. The molecule has 2 heterocycles. The first-order valence-corrected chi connectivity index (χ1v) is 7.05. The Morgan fingerprint density at radius 1 is 1.57 bits per heavy atom. The maximum absolute atomic E-state index is 11.9. The number of aromatic carboxylic acids is 1. The molecule has 0 aliphatic rings. The first kappa shape index (κ1) is 15.1. The van der Waals surface area contributed by atoms with Crippen LogP contribution in [0.2, 0.25) is 0 Å². The van der Waals surface area contributed by atoms with Crippen LogP contribution in [-0.2, 0) is 18.3 Å². The molecule has 2 aromatic rings. The predicted octanol–water partition coefficient (Wildman–Crippen LogP) is -0.0665. The molecule has 0 spiro atoms. The molecule has 8 nitrogen and oxygen atoms in total. The zero-order chi connectivity index (χ0) is 15.4. The molecule has 2 rings (SSSR count). The summed E-state index contributed by atoms with van der Waals surface area (Å²) in [6.07, 6.45) is 3.69. The Kier molecular flexibility index (Phi) is 4.66. The minimum Gasteiger partial charge on any atom is -0.476 e. The van der Waals surface area contributed by atoms with Gasteiger partial charge in [0.25, 0.3) is 0 Å². The number of hydrogen-bond donors (Lipinski definition) is 3. The maximum atomic E-state index is 11.9. The summed E-state index contributed by atoms with van der Waals surface area (Å²) in [5.74, 6) is -1.36. The van der Waals surface area contributed by atoms with Crippen LogP contribution in [0.3, 0.4) is 0 Å². The number of aromatic nitrogens is 3. The molecular weight excluding hydrogens is 294 g/mol. The number of amides is 1. The van der Waals surface area contributed by atoms with Crippen LogP contribution in [0.5, 0.6) is 0 Å². The van der Waals surface area contributed by atoms with E-state index in [0.717, 1.165) is 0 Å². The Labute approximate surface area is 124 Å². The van der Waals surface area contributed by atoms with Gasteiger partial charge in [0.05, 0.1) is 11.2 Å². The average Bonchev–Trinajstić information content (AvgIpc) is 3.07. The topological polar surface area (TPSA) is 123 Å². The van der Waals surface area contributed by atoms with E-state index < -0.39 is 12.0 Å². The minimum atomic E-state index is -1.06. The molecule has 2 aromatic heterocycles. The van der Waals surface area contributed by atoms with Gasteiger partial charge in [0.1, 0.15) is 6.04 Å². The molecule has 0 aliphatic carbocycles. The van der Waals surface area contributed by atoms with Gasteiger partial charge in [-0.05, 0) is 0 Å². The summed E-state index contributed by atoms with van der Waals surface area (Å²) < 4.78 is 1.57. The van der Waals surface area contributed by atoms with Crippen molar-refractivity contribution in [1.29, 1.82) is 0 Å². The van der Waals surface area contributed by atoms with Gasteiger partial charge in [-0.25, -0.2) is 9.78 Å². The van der Waals surface area contributed by atoms with Crippen molar-refractivity contribution >= 4 is 23.2 Å². The molecular formula is C12H15N5O3S. The highest BCUT2D eigenvalue weighted by Gasteiger charge is 2.17. The normalized spacial score (nSPS) is 12.1. The van der Waals surface area contributed by atoms with Crippen molar-refractivity contribution in [3.8, 4) is 0 Å². The lowest BCUT2D eigenvalue weighted by molar-refractivity contribution is -0.122. The lowest BCUT2D eigenvalue weighted by Crippen LogP contribution is -2.35. The zero-order valence-electron chi connectivity index (χ0n) is 11.3. The van der Waals surface area contributed by atoms with Crippen molar-refractivity contribution in [2.45, 2.75) is 12.5 Å². The Morgan fingerprint density at radius 2 is 2.33 bits per heavy atom. The van der Waals surface area contributed by atoms with Crippen molar-refractivity contribution < 1.29 is 14.7 Å². The smallest absolute Gasteiger partial charge is 0.355 e. The van der Waals surface area contributed by atoms with Crippen LogP contribution in [0.4, 0.5) is 0 Å². The molecule has 112 valence electrons. The molecule has 21 heavy (non-hydrogen) atoms. The number of carbonyl (C=O) groups excluding carboxylic acids is 1. The summed E-state index contributed by atoms with van der Waals surface area (Å²) in [4.78, 5) is 26.5. The fourth-order valence-corrected chi connectivity index (χ4v) is 2.45. The number of rotatable bonds is 6. The fourth-order valence-electron chi connectivity index (χ4n) is 1.68. The average molecular weight is 309 g/mol. The van der Waals surface area contributed by atoms with E-state index in [1.807, 2.05) is 0 Å². The molecule has 0 bridgehead atoms. The van der Waals surface area contributed by atoms with E-state index in [1.165, 1.54) is 16.7 Å². The molecule has 1 atom stereocenters. The third-order valence-electron chi connectivity index (χ3n) is 2.78. The highest BCUT2D eigenvalue weighted by atomic mass is 32.1. The summed E-state index contributed by atoms with van der Waals surface area (Å²) >= 11 is 1.25. The predicted molar refractivity (Wildman–Crippen MR) is 75.9 cm³/mol. The second-order valence-electron chi connectivity index (χ2n) is 4.40. The van der Waals surface area contributed by atoms with Crippen LogP contribution in [0.25, 0.3) is 0 Å². The molecule has 4 N–H and O–H groups in total. The van der Waals surface area contributed by atoms with E-state index in [-0.39, 0.29) is 11.6 Å². The highest BCUT2D eigenvalue weighted by Crippen LogP contribution is 2.11. The van der Waals surface area contributed by atoms with Gasteiger partial charge in [-0.3, -0.25) is 9.48 Å². The van der Waals surface area contributed by atoms with Crippen LogP contribution in [0, 0.1) is 0 Å². The van der Waals surface area contributed by atoms with E-state index in [0.29, 0.717) is 23.5 Å². The van der Waals surface area contributed by atoms with Gasteiger partial charge in [-0.15, -0.1) is 11.3 Å². The van der Waals surface area contributed by atoms with Crippen LogP contribution in [0.1, 0.15) is 27.1 Å². The number of carbonyl (C=O) groups is 2. The number of aryl methyl sites for hydroxylation is 1. The summed E-state index contributed by atoms with van der Waals surface area (Å²) in [5, 5.41) is 17.5. The number of hydrogen-bond acceptors (Lipinski definition) is 6. The molecule has 9 heteroatoms. The van der Waals surface area contributed by atoms with Gasteiger partial charge in [0.15, 0.2) is 5.69 Å². The molecule has 1 amide bonds. The standard InChI is InChI=1S/C12H15N5O3S/c1-17-5-7(4-15-17)10(13)11(18)14-3-2-9-16-8(6-21-9)12(19)20/h4-6,10H,2-3,13H2,1H3,(H,14,18)(H,19,20). The van der Waals surface area contributed by atoms with Crippen LogP contribution in [0.15, 0.2) is 17.8 Å². The van der Waals surface area contributed by atoms with Crippen molar-refractivity contribution in [1.82, 2.24) is 20.1 Å². The van der Waals surface area contributed by atoms with E-state index in [4.69, 9.17) is 10.8 Å². The SMILES string of the molecule is Cn1cc(C(N)C(=O)NCCc2nc(C(=O)O)cs2)cn1. The Balaban J connectivity index is 1.82. The molecule has 0 saturated carbocycles. The number of nitrogens with zero attached hydrogens (tertiary/aromatic N) is 3. The number of carboxylic acid groups (broad SMARTS) is 1. The number of nitrogens with one attached hydrogen (secondary N) is 1. The van der Waals surface area contributed by atoms with Crippen molar-refractivity contribution in [3.05, 3.63) is 34.0 Å².